The highest BCUT2D eigenvalue weighted by Gasteiger charge is 2.26. The fourth-order valence-corrected chi connectivity index (χ4v) is 7.41. The number of ether oxygens (including phenoxy) is 2. The molecule has 0 radical (unpaired) electrons. The number of methoxy groups -OCH3 is 2. The third-order valence-corrected chi connectivity index (χ3v) is 10.2. The van der Waals surface area contributed by atoms with Gasteiger partial charge in [0.1, 0.15) is 11.4 Å². The van der Waals surface area contributed by atoms with Crippen molar-refractivity contribution in [2.75, 3.05) is 33.9 Å². The number of rotatable bonds is 12. The molecule has 0 saturated carbocycles. The Morgan fingerprint density at radius 3 is 2.10 bits per heavy atom. The zero-order valence-corrected chi connectivity index (χ0v) is 29.9. The zero-order valence-electron chi connectivity index (χ0n) is 28.4. The van der Waals surface area contributed by atoms with Gasteiger partial charge in [0.2, 0.25) is 17.7 Å². The number of hydrogen-bond donors (Lipinski definition) is 2. The first kappa shape index (κ1) is 34.8. The molecular weight excluding hydrogens is 687 g/mol. The number of amides is 1. The van der Waals surface area contributed by atoms with Gasteiger partial charge in [-0.05, 0) is 36.9 Å². The molecule has 2 atom stereocenters. The molecule has 2 saturated heterocycles. The molecule has 2 fully saturated rings. The maximum absolute atomic E-state index is 11.5. The van der Waals surface area contributed by atoms with E-state index in [1.165, 1.54) is 5.56 Å². The van der Waals surface area contributed by atoms with Gasteiger partial charge in [-0.2, -0.15) is 0 Å². The van der Waals surface area contributed by atoms with Crippen molar-refractivity contribution >= 4 is 29.1 Å². The minimum Gasteiger partial charge on any atom is -0.480 e. The van der Waals surface area contributed by atoms with Gasteiger partial charge in [-0.1, -0.05) is 65.7 Å². The van der Waals surface area contributed by atoms with Crippen LogP contribution in [0.4, 0.5) is 0 Å². The maximum Gasteiger partial charge on any atom is 0.237 e. The standard InChI is InChI=1S/C38H38Cl2N8O3/c1-50-37-32(18-42-17-25-11-12-34(49)45-25)43-19-30(46-37)28-9-3-7-26(35(28)39)27-8-4-10-29(36(27)40)31-20-44-33(38(47-31)51-2)22-48-15-13-24(21-48)23-6-5-14-41-16-23/h3-10,14,16,19-20,24-25,42H,11-13,15,17-18,21-22H2,1-2H3,(H,45,49)/t24?,25-/m0/s1. The van der Waals surface area contributed by atoms with Crippen molar-refractivity contribution in [2.45, 2.75) is 44.3 Å². The molecule has 2 aromatic carbocycles. The molecule has 5 aromatic rings. The fourth-order valence-electron chi connectivity index (χ4n) is 6.76. The summed E-state index contributed by atoms with van der Waals surface area (Å²) in [5.41, 5.74) is 6.73. The number of carbonyl (C=O) groups excluding carboxylic acids is 1. The van der Waals surface area contributed by atoms with Crippen LogP contribution < -0.4 is 20.1 Å². The number of nitrogens with zero attached hydrogens (tertiary/aromatic N) is 6. The summed E-state index contributed by atoms with van der Waals surface area (Å²) in [5.74, 6) is 1.39. The van der Waals surface area contributed by atoms with Crippen LogP contribution in [0.1, 0.15) is 42.1 Å². The van der Waals surface area contributed by atoms with Crippen LogP contribution in [-0.2, 0) is 17.9 Å². The highest BCUT2D eigenvalue weighted by atomic mass is 35.5. The molecule has 5 heterocycles. The monoisotopic (exact) mass is 724 g/mol. The average Bonchev–Trinajstić information content (AvgIpc) is 3.81. The van der Waals surface area contributed by atoms with Crippen molar-refractivity contribution in [1.29, 1.82) is 0 Å². The molecule has 262 valence electrons. The molecule has 1 amide bonds. The van der Waals surface area contributed by atoms with E-state index in [4.69, 9.17) is 47.6 Å². The van der Waals surface area contributed by atoms with Crippen LogP contribution in [0.5, 0.6) is 11.8 Å². The summed E-state index contributed by atoms with van der Waals surface area (Å²) < 4.78 is 11.3. The Morgan fingerprint density at radius 2 is 1.49 bits per heavy atom. The summed E-state index contributed by atoms with van der Waals surface area (Å²) in [4.78, 5) is 37.2. The van der Waals surface area contributed by atoms with E-state index < -0.39 is 0 Å². The predicted molar refractivity (Wildman–Crippen MR) is 197 cm³/mol. The second kappa shape index (κ2) is 15.7. The number of halogens is 2. The minimum atomic E-state index is 0.0859. The first-order valence-electron chi connectivity index (χ1n) is 16.9. The van der Waals surface area contributed by atoms with Crippen LogP contribution in [0.3, 0.4) is 0 Å². The van der Waals surface area contributed by atoms with E-state index in [0.717, 1.165) is 42.8 Å². The molecule has 0 aliphatic carbocycles. The summed E-state index contributed by atoms with van der Waals surface area (Å²) in [6.45, 7) is 3.60. The molecule has 11 nitrogen and oxygen atoms in total. The molecule has 1 unspecified atom stereocenters. The smallest absolute Gasteiger partial charge is 0.237 e. The van der Waals surface area contributed by atoms with Crippen molar-refractivity contribution in [1.82, 2.24) is 40.5 Å². The number of nitrogens with one attached hydrogen (secondary N) is 2. The SMILES string of the molecule is COc1nc(-c2cccc(-c3cccc(-c4cnc(CN5CCC(c6cccnc6)C5)c(OC)n4)c3Cl)c2Cl)cnc1CNC[C@@H]1CCC(=O)N1. The molecule has 51 heavy (non-hydrogen) atoms. The van der Waals surface area contributed by atoms with Crippen molar-refractivity contribution < 1.29 is 14.3 Å². The van der Waals surface area contributed by atoms with Crippen LogP contribution in [0, 0.1) is 0 Å². The van der Waals surface area contributed by atoms with Crippen molar-refractivity contribution in [2.24, 2.45) is 0 Å². The van der Waals surface area contributed by atoms with Gasteiger partial charge in [0.15, 0.2) is 0 Å². The molecule has 13 heteroatoms. The van der Waals surface area contributed by atoms with Crippen LogP contribution >= 0.6 is 23.2 Å². The van der Waals surface area contributed by atoms with Crippen LogP contribution in [0.25, 0.3) is 33.6 Å². The third-order valence-electron chi connectivity index (χ3n) is 9.42. The number of likely N-dealkylation sites (tertiary alicyclic amines) is 1. The quantitative estimate of drug-likeness (QED) is 0.150. The van der Waals surface area contributed by atoms with Crippen molar-refractivity contribution in [3.63, 3.8) is 0 Å². The Labute approximate surface area is 306 Å². The van der Waals surface area contributed by atoms with E-state index >= 15 is 0 Å². The first-order valence-corrected chi connectivity index (χ1v) is 17.7. The Hall–Kier alpha value is -4.68. The minimum absolute atomic E-state index is 0.0859. The highest BCUT2D eigenvalue weighted by molar-refractivity contribution is 6.39. The van der Waals surface area contributed by atoms with E-state index in [9.17, 15) is 4.79 Å². The van der Waals surface area contributed by atoms with Gasteiger partial charge in [0.25, 0.3) is 0 Å². The maximum atomic E-state index is 11.5. The molecule has 7 rings (SSSR count). The van der Waals surface area contributed by atoms with Crippen LogP contribution in [-0.4, -0.2) is 75.6 Å². The van der Waals surface area contributed by atoms with E-state index in [1.807, 2.05) is 48.7 Å². The second-order valence-electron chi connectivity index (χ2n) is 12.7. The van der Waals surface area contributed by atoms with Crippen LogP contribution in [0.2, 0.25) is 10.0 Å². The van der Waals surface area contributed by atoms with E-state index in [0.29, 0.717) is 82.0 Å². The summed E-state index contributed by atoms with van der Waals surface area (Å²) in [6.07, 6.45) is 9.64. The van der Waals surface area contributed by atoms with Gasteiger partial charge >= 0.3 is 0 Å². The number of hydrogen-bond acceptors (Lipinski definition) is 10. The molecule has 0 bridgehead atoms. The van der Waals surface area contributed by atoms with Gasteiger partial charge in [-0.3, -0.25) is 24.6 Å². The summed E-state index contributed by atoms with van der Waals surface area (Å²) in [5, 5.41) is 7.26. The molecule has 2 aliphatic heterocycles. The van der Waals surface area contributed by atoms with Gasteiger partial charge in [-0.15, -0.1) is 0 Å². The number of carbonyl (C=O) groups is 1. The summed E-state index contributed by atoms with van der Waals surface area (Å²) in [6, 6.07) is 15.7. The Kier molecular flexibility index (Phi) is 10.7. The van der Waals surface area contributed by atoms with Gasteiger partial charge in [-0.25, -0.2) is 9.97 Å². The predicted octanol–water partition coefficient (Wildman–Crippen LogP) is 6.34. The largest absolute Gasteiger partial charge is 0.480 e. The summed E-state index contributed by atoms with van der Waals surface area (Å²) in [7, 11) is 3.18. The lowest BCUT2D eigenvalue weighted by Gasteiger charge is -2.18. The lowest BCUT2D eigenvalue weighted by atomic mass is 9.98. The Balaban J connectivity index is 1.09. The van der Waals surface area contributed by atoms with Gasteiger partial charge in [0.05, 0.1) is 48.0 Å². The summed E-state index contributed by atoms with van der Waals surface area (Å²) >= 11 is 14.2. The average molecular weight is 726 g/mol. The normalized spacial score (nSPS) is 17.5. The Bertz CT molecular complexity index is 2030. The molecule has 2 aliphatic rings. The second-order valence-corrected chi connectivity index (χ2v) is 13.5. The fraction of sp³-hybridized carbons (Fsp3) is 0.316. The number of benzene rings is 2. The highest BCUT2D eigenvalue weighted by Crippen LogP contribution is 2.42. The van der Waals surface area contributed by atoms with Crippen molar-refractivity contribution in [3.05, 3.63) is 100 Å². The van der Waals surface area contributed by atoms with Crippen molar-refractivity contribution in [3.8, 4) is 45.4 Å². The number of pyridine rings is 1. The van der Waals surface area contributed by atoms with Gasteiger partial charge in [0, 0.05) is 73.3 Å². The molecule has 2 N–H and O–H groups in total. The molecule has 0 spiro atoms. The topological polar surface area (TPSA) is 127 Å². The lowest BCUT2D eigenvalue weighted by Crippen LogP contribution is -2.35. The molecule has 3 aromatic heterocycles. The third kappa shape index (κ3) is 7.67. The Morgan fingerprint density at radius 1 is 0.843 bits per heavy atom. The van der Waals surface area contributed by atoms with E-state index in [-0.39, 0.29) is 11.9 Å². The van der Waals surface area contributed by atoms with Gasteiger partial charge < -0.3 is 20.1 Å². The first-order chi connectivity index (χ1) is 24.9. The van der Waals surface area contributed by atoms with E-state index in [1.54, 1.807) is 32.8 Å². The van der Waals surface area contributed by atoms with Crippen LogP contribution in [0.15, 0.2) is 73.3 Å². The van der Waals surface area contributed by atoms with E-state index in [2.05, 4.69) is 31.6 Å². The number of aromatic nitrogens is 5. The zero-order chi connectivity index (χ0) is 35.3. The molecular formula is C38H38Cl2N8O3. The lowest BCUT2D eigenvalue weighted by molar-refractivity contribution is -0.119.